The van der Waals surface area contributed by atoms with E-state index in [1.54, 1.807) is 4.52 Å². The molecular weight excluding hydrogens is 402 g/mol. The second kappa shape index (κ2) is 8.51. The molecule has 1 atom stereocenters. The Hall–Kier alpha value is -3.45. The van der Waals surface area contributed by atoms with Crippen molar-refractivity contribution in [3.63, 3.8) is 0 Å². The summed E-state index contributed by atoms with van der Waals surface area (Å²) in [6.45, 7) is 1.87. The van der Waals surface area contributed by atoms with Crippen LogP contribution in [0.15, 0.2) is 60.7 Å². The molecule has 0 aliphatic rings. The van der Waals surface area contributed by atoms with E-state index >= 15 is 0 Å². The number of benzene rings is 2. The Bertz CT molecular complexity index is 1180. The summed E-state index contributed by atoms with van der Waals surface area (Å²) in [7, 11) is 1.37. The van der Waals surface area contributed by atoms with Gasteiger partial charge < -0.3 is 10.1 Å². The fourth-order valence-corrected chi connectivity index (χ4v) is 3.31. The minimum atomic E-state index is -0.690. The fourth-order valence-electron chi connectivity index (χ4n) is 3.18. The summed E-state index contributed by atoms with van der Waals surface area (Å²) >= 11 is 5.96. The number of hydrogen-bond donors (Lipinski definition) is 1. The van der Waals surface area contributed by atoms with Gasteiger partial charge in [0.05, 0.1) is 7.11 Å². The van der Waals surface area contributed by atoms with Gasteiger partial charge in [0, 0.05) is 23.2 Å². The third-order valence-corrected chi connectivity index (χ3v) is 4.87. The number of carbonyl (C=O) groups is 1. The summed E-state index contributed by atoms with van der Waals surface area (Å²) < 4.78 is 6.61. The maximum Gasteiger partial charge on any atom is 0.333 e. The standard InChI is InChI=1S/C22H20ClN5O2/c1-14-12-19(26-20(21(29)30-2)16-6-4-3-5-7-16)28-22(24-14)25-18(27-28)13-15-8-10-17(23)11-9-15/h3-12,20,26H,13H2,1-2H3. The number of ether oxygens (including phenoxy) is 1. The number of esters is 1. The summed E-state index contributed by atoms with van der Waals surface area (Å²) in [6.07, 6.45) is 0.540. The number of aromatic nitrogens is 4. The summed E-state index contributed by atoms with van der Waals surface area (Å²) in [5, 5.41) is 8.52. The van der Waals surface area contributed by atoms with Gasteiger partial charge in [-0.2, -0.15) is 9.50 Å². The molecule has 30 heavy (non-hydrogen) atoms. The van der Waals surface area contributed by atoms with Gasteiger partial charge >= 0.3 is 5.97 Å². The number of carbonyl (C=O) groups excluding carboxylic acids is 1. The van der Waals surface area contributed by atoms with Crippen LogP contribution in [0.25, 0.3) is 5.78 Å². The summed E-state index contributed by atoms with van der Waals surface area (Å²) in [5.41, 5.74) is 2.58. The van der Waals surface area contributed by atoms with Crippen molar-refractivity contribution in [3.05, 3.63) is 88.3 Å². The van der Waals surface area contributed by atoms with Crippen LogP contribution in [0.1, 0.15) is 28.7 Å². The lowest BCUT2D eigenvalue weighted by molar-refractivity contribution is -0.141. The van der Waals surface area contributed by atoms with Crippen LogP contribution in [-0.4, -0.2) is 32.7 Å². The molecular formula is C22H20ClN5O2. The highest BCUT2D eigenvalue weighted by molar-refractivity contribution is 6.30. The van der Waals surface area contributed by atoms with Crippen molar-refractivity contribution in [1.82, 2.24) is 19.6 Å². The molecule has 0 fully saturated rings. The number of aryl methyl sites for hydroxylation is 1. The van der Waals surface area contributed by atoms with Gasteiger partial charge in [0.1, 0.15) is 5.82 Å². The number of rotatable bonds is 6. The summed E-state index contributed by atoms with van der Waals surface area (Å²) in [6, 6.07) is 18.1. The lowest BCUT2D eigenvalue weighted by atomic mass is 10.1. The Kier molecular flexibility index (Phi) is 5.63. The second-order valence-electron chi connectivity index (χ2n) is 6.84. The van der Waals surface area contributed by atoms with E-state index in [0.29, 0.717) is 28.9 Å². The molecule has 0 saturated carbocycles. The molecule has 0 amide bonds. The van der Waals surface area contributed by atoms with Crippen molar-refractivity contribution in [2.75, 3.05) is 12.4 Å². The number of halogens is 1. The first-order chi connectivity index (χ1) is 14.5. The van der Waals surface area contributed by atoms with Crippen LogP contribution in [0.5, 0.6) is 0 Å². The molecule has 4 rings (SSSR count). The third-order valence-electron chi connectivity index (χ3n) is 4.62. The number of methoxy groups -OCH3 is 1. The fraction of sp³-hybridized carbons (Fsp3) is 0.182. The van der Waals surface area contributed by atoms with Crippen LogP contribution < -0.4 is 5.32 Å². The zero-order valence-electron chi connectivity index (χ0n) is 16.5. The third kappa shape index (κ3) is 4.26. The van der Waals surface area contributed by atoms with E-state index in [2.05, 4.69) is 20.4 Å². The van der Waals surface area contributed by atoms with Crippen molar-refractivity contribution < 1.29 is 9.53 Å². The molecule has 1 N–H and O–H groups in total. The maximum atomic E-state index is 12.5. The van der Waals surface area contributed by atoms with Crippen molar-refractivity contribution >= 4 is 29.2 Å². The van der Waals surface area contributed by atoms with Crippen molar-refractivity contribution in [1.29, 1.82) is 0 Å². The predicted molar refractivity (Wildman–Crippen MR) is 115 cm³/mol. The van der Waals surface area contributed by atoms with Crippen LogP contribution in [0.2, 0.25) is 5.02 Å². The van der Waals surface area contributed by atoms with E-state index < -0.39 is 12.0 Å². The quantitative estimate of drug-likeness (QED) is 0.474. The smallest absolute Gasteiger partial charge is 0.333 e. The summed E-state index contributed by atoms with van der Waals surface area (Å²) in [5.74, 6) is 1.28. The highest BCUT2D eigenvalue weighted by Crippen LogP contribution is 2.22. The average Bonchev–Trinajstić information content (AvgIpc) is 3.16. The number of nitrogens with zero attached hydrogens (tertiary/aromatic N) is 4. The van der Waals surface area contributed by atoms with Gasteiger partial charge in [0.15, 0.2) is 11.9 Å². The van der Waals surface area contributed by atoms with Crippen LogP contribution in [-0.2, 0) is 16.0 Å². The van der Waals surface area contributed by atoms with Gasteiger partial charge in [0.25, 0.3) is 5.78 Å². The molecule has 2 aromatic heterocycles. The van der Waals surface area contributed by atoms with Crippen molar-refractivity contribution in [2.45, 2.75) is 19.4 Å². The number of fused-ring (bicyclic) bond motifs is 1. The zero-order valence-corrected chi connectivity index (χ0v) is 17.3. The minimum absolute atomic E-state index is 0.398. The van der Waals surface area contributed by atoms with E-state index in [0.717, 1.165) is 16.8 Å². The molecule has 0 bridgehead atoms. The number of nitrogens with one attached hydrogen (secondary N) is 1. The van der Waals surface area contributed by atoms with Crippen molar-refractivity contribution in [2.24, 2.45) is 0 Å². The second-order valence-corrected chi connectivity index (χ2v) is 7.27. The minimum Gasteiger partial charge on any atom is -0.467 e. The van der Waals surface area contributed by atoms with Gasteiger partial charge in [-0.3, -0.25) is 0 Å². The van der Waals surface area contributed by atoms with Crippen LogP contribution in [0.3, 0.4) is 0 Å². The molecule has 8 heteroatoms. The van der Waals surface area contributed by atoms with E-state index in [-0.39, 0.29) is 0 Å². The van der Waals surface area contributed by atoms with E-state index in [4.69, 9.17) is 16.3 Å². The molecule has 0 radical (unpaired) electrons. The van der Waals surface area contributed by atoms with Gasteiger partial charge in [0.2, 0.25) is 0 Å². The zero-order chi connectivity index (χ0) is 21.1. The highest BCUT2D eigenvalue weighted by Gasteiger charge is 2.23. The van der Waals surface area contributed by atoms with E-state index in [1.807, 2.05) is 67.6 Å². The molecule has 0 aliphatic carbocycles. The first kappa shape index (κ1) is 19.8. The molecule has 7 nitrogen and oxygen atoms in total. The first-order valence-electron chi connectivity index (χ1n) is 9.40. The van der Waals surface area contributed by atoms with Gasteiger partial charge in [-0.1, -0.05) is 54.1 Å². The Morgan fingerprint density at radius 3 is 2.57 bits per heavy atom. The lowest BCUT2D eigenvalue weighted by Crippen LogP contribution is -2.23. The monoisotopic (exact) mass is 421 g/mol. The highest BCUT2D eigenvalue weighted by atomic mass is 35.5. The Morgan fingerprint density at radius 1 is 1.13 bits per heavy atom. The molecule has 0 aliphatic heterocycles. The number of hydrogen-bond acceptors (Lipinski definition) is 6. The Morgan fingerprint density at radius 2 is 1.87 bits per heavy atom. The van der Waals surface area contributed by atoms with Crippen molar-refractivity contribution in [3.8, 4) is 0 Å². The van der Waals surface area contributed by atoms with Gasteiger partial charge in [-0.15, -0.1) is 5.10 Å². The average molecular weight is 422 g/mol. The van der Waals surface area contributed by atoms with E-state index in [9.17, 15) is 4.79 Å². The van der Waals surface area contributed by atoms with Gasteiger partial charge in [-0.05, 0) is 30.2 Å². The Labute approximate surface area is 178 Å². The topological polar surface area (TPSA) is 81.4 Å². The van der Waals surface area contributed by atoms with E-state index in [1.165, 1.54) is 7.11 Å². The Balaban J connectivity index is 1.70. The molecule has 152 valence electrons. The number of anilines is 1. The van der Waals surface area contributed by atoms with Crippen LogP contribution in [0, 0.1) is 6.92 Å². The first-order valence-corrected chi connectivity index (χ1v) is 9.78. The molecule has 4 aromatic rings. The molecule has 0 saturated heterocycles. The molecule has 2 aromatic carbocycles. The van der Waals surface area contributed by atoms with Gasteiger partial charge in [-0.25, -0.2) is 9.78 Å². The van der Waals surface area contributed by atoms with Crippen LogP contribution >= 0.6 is 11.6 Å². The lowest BCUT2D eigenvalue weighted by Gasteiger charge is -2.18. The summed E-state index contributed by atoms with van der Waals surface area (Å²) in [4.78, 5) is 21.5. The SMILES string of the molecule is COC(=O)C(Nc1cc(C)nc2nc(Cc3ccc(Cl)cc3)nn12)c1ccccc1. The molecule has 2 heterocycles. The normalized spacial score (nSPS) is 12.0. The maximum absolute atomic E-state index is 12.5. The molecule has 0 spiro atoms. The largest absolute Gasteiger partial charge is 0.467 e. The predicted octanol–water partition coefficient (Wildman–Crippen LogP) is 4.00. The van der Waals surface area contributed by atoms with Crippen LogP contribution in [0.4, 0.5) is 5.82 Å². The molecule has 1 unspecified atom stereocenters.